The van der Waals surface area contributed by atoms with E-state index in [-0.39, 0.29) is 11.8 Å². The number of hydrogen-bond acceptors (Lipinski definition) is 2. The van der Waals surface area contributed by atoms with E-state index < -0.39 is 0 Å². The standard InChI is InChI=1S/C18H24N2O2/c1-20(2)17(21)10-5-3-4-7-14-8-6-9-15(13-14)18(22)19-16-11-12-16/h4,6-9,13,16H,3,5,10-12H2,1-2H3,(H,19,22). The Labute approximate surface area is 132 Å². The van der Waals surface area contributed by atoms with Gasteiger partial charge in [0.2, 0.25) is 5.91 Å². The van der Waals surface area contributed by atoms with Crippen LogP contribution in [0.2, 0.25) is 0 Å². The maximum Gasteiger partial charge on any atom is 0.251 e. The summed E-state index contributed by atoms with van der Waals surface area (Å²) in [7, 11) is 3.55. The normalized spacial score (nSPS) is 14.1. The van der Waals surface area contributed by atoms with Crippen molar-refractivity contribution in [3.05, 3.63) is 41.5 Å². The summed E-state index contributed by atoms with van der Waals surface area (Å²) in [6.45, 7) is 0. The minimum absolute atomic E-state index is 0.00864. The van der Waals surface area contributed by atoms with Crippen molar-refractivity contribution in [3.8, 4) is 0 Å². The van der Waals surface area contributed by atoms with Gasteiger partial charge >= 0.3 is 0 Å². The fraction of sp³-hybridized carbons (Fsp3) is 0.444. The number of benzene rings is 1. The van der Waals surface area contributed by atoms with Crippen LogP contribution in [0, 0.1) is 0 Å². The third kappa shape index (κ3) is 5.35. The summed E-state index contributed by atoms with van der Waals surface area (Å²) in [6.07, 6.45) is 8.53. The molecule has 1 fully saturated rings. The van der Waals surface area contributed by atoms with Gasteiger partial charge in [-0.15, -0.1) is 0 Å². The number of unbranched alkanes of at least 4 members (excludes halogenated alkanes) is 1. The van der Waals surface area contributed by atoms with Crippen molar-refractivity contribution >= 4 is 17.9 Å². The van der Waals surface area contributed by atoms with Gasteiger partial charge in [-0.1, -0.05) is 24.3 Å². The Hall–Kier alpha value is -2.10. The first kappa shape index (κ1) is 16.3. The van der Waals surface area contributed by atoms with Crippen LogP contribution in [0.4, 0.5) is 0 Å². The molecular formula is C18H24N2O2. The van der Waals surface area contributed by atoms with E-state index in [9.17, 15) is 9.59 Å². The third-order valence-electron chi connectivity index (χ3n) is 3.63. The lowest BCUT2D eigenvalue weighted by molar-refractivity contribution is -0.128. The molecule has 22 heavy (non-hydrogen) atoms. The van der Waals surface area contributed by atoms with Crippen molar-refractivity contribution in [3.63, 3.8) is 0 Å². The number of hydrogen-bond donors (Lipinski definition) is 1. The first-order valence-corrected chi connectivity index (χ1v) is 7.84. The molecule has 2 amide bonds. The second-order valence-electron chi connectivity index (χ2n) is 5.96. The van der Waals surface area contributed by atoms with Crippen LogP contribution in [-0.4, -0.2) is 36.9 Å². The Balaban J connectivity index is 1.80. The first-order chi connectivity index (χ1) is 10.6. The largest absolute Gasteiger partial charge is 0.349 e. The second kappa shape index (κ2) is 7.78. The van der Waals surface area contributed by atoms with Gasteiger partial charge < -0.3 is 10.2 Å². The predicted molar refractivity (Wildman–Crippen MR) is 88.5 cm³/mol. The van der Waals surface area contributed by atoms with Crippen LogP contribution in [0.1, 0.15) is 48.0 Å². The van der Waals surface area contributed by atoms with Gasteiger partial charge in [0.25, 0.3) is 5.91 Å². The van der Waals surface area contributed by atoms with E-state index in [1.807, 2.05) is 30.3 Å². The SMILES string of the molecule is CN(C)C(=O)CCCC=Cc1cccc(C(=O)NC2CC2)c1. The third-order valence-corrected chi connectivity index (χ3v) is 3.63. The lowest BCUT2D eigenvalue weighted by Gasteiger charge is -2.08. The molecule has 0 radical (unpaired) electrons. The van der Waals surface area contributed by atoms with E-state index in [0.29, 0.717) is 18.0 Å². The zero-order valence-electron chi connectivity index (χ0n) is 13.3. The maximum atomic E-state index is 12.0. The Morgan fingerprint density at radius 1 is 1.32 bits per heavy atom. The first-order valence-electron chi connectivity index (χ1n) is 7.84. The van der Waals surface area contributed by atoms with Gasteiger partial charge in [-0.3, -0.25) is 9.59 Å². The Kier molecular flexibility index (Phi) is 5.75. The van der Waals surface area contributed by atoms with E-state index in [1.54, 1.807) is 19.0 Å². The number of carbonyl (C=O) groups is 2. The number of nitrogens with one attached hydrogen (secondary N) is 1. The lowest BCUT2D eigenvalue weighted by atomic mass is 10.1. The molecule has 118 valence electrons. The van der Waals surface area contributed by atoms with Gasteiger partial charge in [0.05, 0.1) is 0 Å². The van der Waals surface area contributed by atoms with E-state index in [1.165, 1.54) is 0 Å². The van der Waals surface area contributed by atoms with E-state index in [0.717, 1.165) is 31.2 Å². The minimum atomic E-state index is 0.00864. The molecule has 0 aliphatic heterocycles. The van der Waals surface area contributed by atoms with Crippen LogP contribution in [0.5, 0.6) is 0 Å². The van der Waals surface area contributed by atoms with Crippen molar-refractivity contribution in [1.82, 2.24) is 10.2 Å². The van der Waals surface area contributed by atoms with Gasteiger partial charge in [-0.25, -0.2) is 0 Å². The number of amides is 2. The molecule has 0 unspecified atom stereocenters. The zero-order chi connectivity index (χ0) is 15.9. The smallest absolute Gasteiger partial charge is 0.251 e. The Bertz CT molecular complexity index is 560. The average molecular weight is 300 g/mol. The average Bonchev–Trinajstić information content (AvgIpc) is 3.30. The van der Waals surface area contributed by atoms with E-state index in [2.05, 4.69) is 11.4 Å². The monoisotopic (exact) mass is 300 g/mol. The second-order valence-corrected chi connectivity index (χ2v) is 5.96. The lowest BCUT2D eigenvalue weighted by Crippen LogP contribution is -2.25. The maximum absolute atomic E-state index is 12.0. The van der Waals surface area contributed by atoms with Crippen molar-refractivity contribution in [2.24, 2.45) is 0 Å². The van der Waals surface area contributed by atoms with Crippen LogP contribution in [-0.2, 0) is 4.79 Å². The molecule has 2 rings (SSSR count). The molecular weight excluding hydrogens is 276 g/mol. The highest BCUT2D eigenvalue weighted by Crippen LogP contribution is 2.19. The molecule has 0 aromatic heterocycles. The number of allylic oxidation sites excluding steroid dienone is 1. The van der Waals surface area contributed by atoms with Crippen molar-refractivity contribution < 1.29 is 9.59 Å². The summed E-state index contributed by atoms with van der Waals surface area (Å²) in [5, 5.41) is 2.99. The molecule has 1 aromatic rings. The molecule has 1 saturated carbocycles. The molecule has 0 saturated heterocycles. The summed E-state index contributed by atoms with van der Waals surface area (Å²) in [5.74, 6) is 0.168. The van der Waals surface area contributed by atoms with Gasteiger partial charge in [0.15, 0.2) is 0 Å². The Morgan fingerprint density at radius 3 is 2.77 bits per heavy atom. The summed E-state index contributed by atoms with van der Waals surface area (Å²) >= 11 is 0. The summed E-state index contributed by atoms with van der Waals surface area (Å²) in [5.41, 5.74) is 1.72. The molecule has 0 atom stereocenters. The molecule has 0 spiro atoms. The highest BCUT2D eigenvalue weighted by atomic mass is 16.2. The highest BCUT2D eigenvalue weighted by molar-refractivity contribution is 5.95. The fourth-order valence-electron chi connectivity index (χ4n) is 2.09. The topological polar surface area (TPSA) is 49.4 Å². The van der Waals surface area contributed by atoms with E-state index in [4.69, 9.17) is 0 Å². The van der Waals surface area contributed by atoms with Crippen LogP contribution < -0.4 is 5.32 Å². The molecule has 1 N–H and O–H groups in total. The molecule has 1 aromatic carbocycles. The van der Waals surface area contributed by atoms with Gasteiger partial charge in [0.1, 0.15) is 0 Å². The molecule has 4 heteroatoms. The van der Waals surface area contributed by atoms with Crippen LogP contribution in [0.3, 0.4) is 0 Å². The number of carbonyl (C=O) groups excluding carboxylic acids is 2. The molecule has 1 aliphatic carbocycles. The van der Waals surface area contributed by atoms with E-state index >= 15 is 0 Å². The van der Waals surface area contributed by atoms with Crippen molar-refractivity contribution in [2.45, 2.75) is 38.1 Å². The highest BCUT2D eigenvalue weighted by Gasteiger charge is 2.23. The fourth-order valence-corrected chi connectivity index (χ4v) is 2.09. The minimum Gasteiger partial charge on any atom is -0.349 e. The predicted octanol–water partition coefficient (Wildman–Crippen LogP) is 2.85. The molecule has 0 heterocycles. The van der Waals surface area contributed by atoms with Gasteiger partial charge in [-0.05, 0) is 43.4 Å². The van der Waals surface area contributed by atoms with Crippen molar-refractivity contribution in [1.29, 1.82) is 0 Å². The summed E-state index contributed by atoms with van der Waals surface area (Å²) < 4.78 is 0. The van der Waals surface area contributed by atoms with Crippen LogP contribution in [0.25, 0.3) is 6.08 Å². The molecule has 0 bridgehead atoms. The Morgan fingerprint density at radius 2 is 2.09 bits per heavy atom. The van der Waals surface area contributed by atoms with Crippen LogP contribution >= 0.6 is 0 Å². The molecule has 4 nitrogen and oxygen atoms in total. The van der Waals surface area contributed by atoms with Gasteiger partial charge in [0, 0.05) is 32.1 Å². The molecule has 1 aliphatic rings. The van der Waals surface area contributed by atoms with Gasteiger partial charge in [-0.2, -0.15) is 0 Å². The number of nitrogens with zero attached hydrogens (tertiary/aromatic N) is 1. The summed E-state index contributed by atoms with van der Waals surface area (Å²) in [6, 6.07) is 8.00. The summed E-state index contributed by atoms with van der Waals surface area (Å²) in [4.78, 5) is 25.0. The van der Waals surface area contributed by atoms with Crippen molar-refractivity contribution in [2.75, 3.05) is 14.1 Å². The zero-order valence-corrected chi connectivity index (χ0v) is 13.3. The quantitative estimate of drug-likeness (QED) is 0.787. The number of rotatable bonds is 7. The van der Waals surface area contributed by atoms with Crippen LogP contribution in [0.15, 0.2) is 30.3 Å².